The lowest BCUT2D eigenvalue weighted by Crippen LogP contribution is -2.14. The van der Waals surface area contributed by atoms with Crippen LogP contribution in [0.2, 0.25) is 0 Å². The Morgan fingerprint density at radius 3 is 2.55 bits per heavy atom. The average Bonchev–Trinajstić information content (AvgIpc) is 2.36. The second-order valence-corrected chi connectivity index (χ2v) is 6.78. The maximum atomic E-state index is 13.2. The van der Waals surface area contributed by atoms with Gasteiger partial charge in [-0.3, -0.25) is 4.72 Å². The van der Waals surface area contributed by atoms with E-state index < -0.39 is 15.8 Å². The molecule has 7 heteroatoms. The number of rotatable bonds is 3. The number of benzene rings is 2. The minimum atomic E-state index is -3.79. The first kappa shape index (κ1) is 14.8. The summed E-state index contributed by atoms with van der Waals surface area (Å²) in [5, 5.41) is 0. The minimum Gasteiger partial charge on any atom is -0.398 e. The van der Waals surface area contributed by atoms with E-state index in [1.807, 2.05) is 0 Å². The van der Waals surface area contributed by atoms with Gasteiger partial charge in [0.05, 0.1) is 10.6 Å². The Hall–Kier alpha value is -1.60. The topological polar surface area (TPSA) is 72.2 Å². The van der Waals surface area contributed by atoms with Crippen molar-refractivity contribution in [1.82, 2.24) is 0 Å². The van der Waals surface area contributed by atoms with Crippen molar-refractivity contribution >= 4 is 37.3 Å². The molecule has 106 valence electrons. The van der Waals surface area contributed by atoms with Crippen LogP contribution < -0.4 is 10.5 Å². The van der Waals surface area contributed by atoms with Crippen LogP contribution in [0.3, 0.4) is 0 Å². The molecule has 0 aromatic heterocycles. The largest absolute Gasteiger partial charge is 0.398 e. The van der Waals surface area contributed by atoms with Crippen molar-refractivity contribution in [2.24, 2.45) is 0 Å². The lowest BCUT2D eigenvalue weighted by Gasteiger charge is -2.11. The van der Waals surface area contributed by atoms with Gasteiger partial charge in [-0.25, -0.2) is 12.8 Å². The Balaban J connectivity index is 2.40. The van der Waals surface area contributed by atoms with Crippen LogP contribution in [-0.4, -0.2) is 8.42 Å². The van der Waals surface area contributed by atoms with Gasteiger partial charge in [-0.15, -0.1) is 0 Å². The fraction of sp³-hybridized carbons (Fsp3) is 0.0769. The first-order valence-electron chi connectivity index (χ1n) is 5.63. The quantitative estimate of drug-likeness (QED) is 0.827. The number of hydrogen-bond donors (Lipinski definition) is 2. The molecular formula is C13H12BrFN2O2S. The predicted molar refractivity (Wildman–Crippen MR) is 80.5 cm³/mol. The molecule has 0 spiro atoms. The van der Waals surface area contributed by atoms with Crippen LogP contribution in [0.4, 0.5) is 15.8 Å². The van der Waals surface area contributed by atoms with E-state index in [0.29, 0.717) is 15.7 Å². The summed E-state index contributed by atoms with van der Waals surface area (Å²) in [6.45, 7) is 1.69. The van der Waals surface area contributed by atoms with Crippen LogP contribution >= 0.6 is 15.9 Å². The molecule has 0 saturated heterocycles. The van der Waals surface area contributed by atoms with Crippen molar-refractivity contribution in [1.29, 1.82) is 0 Å². The SMILES string of the molecule is Cc1ccc(F)cc1NS(=O)(=O)c1ccc(N)c(Br)c1. The van der Waals surface area contributed by atoms with Crippen molar-refractivity contribution in [3.63, 3.8) is 0 Å². The molecule has 0 unspecified atom stereocenters. The lowest BCUT2D eigenvalue weighted by atomic mass is 10.2. The average molecular weight is 359 g/mol. The molecule has 4 nitrogen and oxygen atoms in total. The third-order valence-electron chi connectivity index (χ3n) is 2.73. The summed E-state index contributed by atoms with van der Waals surface area (Å²) in [5.41, 5.74) is 6.89. The van der Waals surface area contributed by atoms with Gasteiger partial charge < -0.3 is 5.73 Å². The number of nitrogens with one attached hydrogen (secondary N) is 1. The van der Waals surface area contributed by atoms with Crippen molar-refractivity contribution in [3.05, 3.63) is 52.3 Å². The van der Waals surface area contributed by atoms with E-state index in [1.165, 1.54) is 30.3 Å². The highest BCUT2D eigenvalue weighted by atomic mass is 79.9. The van der Waals surface area contributed by atoms with Gasteiger partial charge in [0.1, 0.15) is 5.82 Å². The zero-order chi connectivity index (χ0) is 14.9. The summed E-state index contributed by atoms with van der Waals surface area (Å²) in [6, 6.07) is 8.18. The number of halogens is 2. The fourth-order valence-corrected chi connectivity index (χ4v) is 3.26. The minimum absolute atomic E-state index is 0.0437. The lowest BCUT2D eigenvalue weighted by molar-refractivity contribution is 0.601. The molecule has 2 aromatic carbocycles. The van der Waals surface area contributed by atoms with Crippen LogP contribution in [0, 0.1) is 12.7 Å². The molecule has 2 rings (SSSR count). The van der Waals surface area contributed by atoms with Crippen LogP contribution in [0.25, 0.3) is 0 Å². The molecule has 0 aliphatic rings. The number of hydrogen-bond acceptors (Lipinski definition) is 3. The number of nitrogen functional groups attached to an aromatic ring is 1. The zero-order valence-corrected chi connectivity index (χ0v) is 12.9. The van der Waals surface area contributed by atoms with E-state index in [1.54, 1.807) is 6.92 Å². The van der Waals surface area contributed by atoms with Crippen LogP contribution in [0.15, 0.2) is 45.8 Å². The molecular weight excluding hydrogens is 347 g/mol. The van der Waals surface area contributed by atoms with Gasteiger partial charge in [0.25, 0.3) is 10.0 Å². The standard InChI is InChI=1S/C13H12BrFN2O2S/c1-8-2-3-9(15)6-13(8)17-20(18,19)10-4-5-12(16)11(14)7-10/h2-7,17H,16H2,1H3. The van der Waals surface area contributed by atoms with Gasteiger partial charge in [-0.05, 0) is 58.7 Å². The Morgan fingerprint density at radius 2 is 1.90 bits per heavy atom. The third-order valence-corrected chi connectivity index (χ3v) is 4.78. The van der Waals surface area contributed by atoms with Gasteiger partial charge in [0.2, 0.25) is 0 Å². The molecule has 0 amide bonds. The number of nitrogens with two attached hydrogens (primary N) is 1. The summed E-state index contributed by atoms with van der Waals surface area (Å²) >= 11 is 3.17. The van der Waals surface area contributed by atoms with Gasteiger partial charge in [-0.2, -0.15) is 0 Å². The highest BCUT2D eigenvalue weighted by Crippen LogP contribution is 2.25. The highest BCUT2D eigenvalue weighted by molar-refractivity contribution is 9.10. The Kier molecular flexibility index (Phi) is 4.01. The normalized spacial score (nSPS) is 11.3. The fourth-order valence-electron chi connectivity index (χ4n) is 1.58. The summed E-state index contributed by atoms with van der Waals surface area (Å²) in [7, 11) is -3.79. The van der Waals surface area contributed by atoms with E-state index in [2.05, 4.69) is 20.7 Å². The van der Waals surface area contributed by atoms with E-state index in [-0.39, 0.29) is 10.6 Å². The Morgan fingerprint density at radius 1 is 1.20 bits per heavy atom. The van der Waals surface area contributed by atoms with Gasteiger partial charge >= 0.3 is 0 Å². The third kappa shape index (κ3) is 3.10. The predicted octanol–water partition coefficient (Wildman–Crippen LogP) is 3.28. The van der Waals surface area contributed by atoms with Crippen LogP contribution in [-0.2, 0) is 10.0 Å². The van der Waals surface area contributed by atoms with Crippen molar-refractivity contribution in [2.45, 2.75) is 11.8 Å². The first-order chi connectivity index (χ1) is 9.29. The molecule has 0 aliphatic carbocycles. The molecule has 3 N–H and O–H groups in total. The van der Waals surface area contributed by atoms with Crippen molar-refractivity contribution in [2.75, 3.05) is 10.5 Å². The van der Waals surface area contributed by atoms with Gasteiger partial charge in [-0.1, -0.05) is 6.07 Å². The van der Waals surface area contributed by atoms with Gasteiger partial charge in [0.15, 0.2) is 0 Å². The maximum Gasteiger partial charge on any atom is 0.261 e. The molecule has 0 radical (unpaired) electrons. The molecule has 20 heavy (non-hydrogen) atoms. The summed E-state index contributed by atoms with van der Waals surface area (Å²) in [4.78, 5) is 0.0437. The van der Waals surface area contributed by atoms with E-state index >= 15 is 0 Å². The van der Waals surface area contributed by atoms with Crippen molar-refractivity contribution in [3.8, 4) is 0 Å². The Bertz CT molecular complexity index is 763. The van der Waals surface area contributed by atoms with E-state index in [4.69, 9.17) is 5.73 Å². The molecule has 0 fully saturated rings. The molecule has 0 saturated carbocycles. The molecule has 0 bridgehead atoms. The summed E-state index contributed by atoms with van der Waals surface area (Å²) < 4.78 is 40.5. The summed E-state index contributed by atoms with van der Waals surface area (Å²) in [6.07, 6.45) is 0. The second kappa shape index (κ2) is 5.41. The van der Waals surface area contributed by atoms with Crippen LogP contribution in [0.1, 0.15) is 5.56 Å². The second-order valence-electron chi connectivity index (χ2n) is 4.25. The maximum absolute atomic E-state index is 13.2. The Labute approximate surface area is 125 Å². The van der Waals surface area contributed by atoms with E-state index in [9.17, 15) is 12.8 Å². The zero-order valence-electron chi connectivity index (χ0n) is 10.5. The monoisotopic (exact) mass is 358 g/mol. The van der Waals surface area contributed by atoms with E-state index in [0.717, 1.165) is 6.07 Å². The molecule has 0 aliphatic heterocycles. The molecule has 0 atom stereocenters. The smallest absolute Gasteiger partial charge is 0.261 e. The number of aryl methyl sites for hydroxylation is 1. The highest BCUT2D eigenvalue weighted by Gasteiger charge is 2.16. The molecule has 0 heterocycles. The summed E-state index contributed by atoms with van der Waals surface area (Å²) in [5.74, 6) is -0.508. The van der Waals surface area contributed by atoms with Gasteiger partial charge in [0, 0.05) is 10.2 Å². The van der Waals surface area contributed by atoms with Crippen molar-refractivity contribution < 1.29 is 12.8 Å². The van der Waals surface area contributed by atoms with Crippen LogP contribution in [0.5, 0.6) is 0 Å². The number of sulfonamides is 1. The number of anilines is 2. The first-order valence-corrected chi connectivity index (χ1v) is 7.91. The molecule has 2 aromatic rings.